The van der Waals surface area contributed by atoms with Gasteiger partial charge >= 0.3 is 5.63 Å². The Balaban J connectivity index is 1.84. The van der Waals surface area contributed by atoms with E-state index in [0.717, 1.165) is 37.2 Å². The fourth-order valence-electron chi connectivity index (χ4n) is 3.25. The minimum Gasteiger partial charge on any atom is -0.463 e. The van der Waals surface area contributed by atoms with Gasteiger partial charge in [0.25, 0.3) is 0 Å². The maximum absolute atomic E-state index is 12.5. The summed E-state index contributed by atoms with van der Waals surface area (Å²) in [4.78, 5) is 12.5. The molecule has 0 spiro atoms. The molecule has 0 amide bonds. The maximum Gasteiger partial charge on any atom is 0.344 e. The lowest BCUT2D eigenvalue weighted by Gasteiger charge is -2.02. The molecule has 0 bridgehead atoms. The van der Waals surface area contributed by atoms with Crippen LogP contribution in [0, 0.1) is 0 Å². The van der Waals surface area contributed by atoms with Crippen LogP contribution in [0.2, 0.25) is 0 Å². The topological polar surface area (TPSA) is 43.4 Å². The maximum atomic E-state index is 12.5. The van der Waals surface area contributed by atoms with Crippen molar-refractivity contribution >= 4 is 48.6 Å². The fourth-order valence-corrected chi connectivity index (χ4v) is 3.63. The van der Waals surface area contributed by atoms with Crippen LogP contribution in [0.5, 0.6) is 0 Å². The lowest BCUT2D eigenvalue weighted by Crippen LogP contribution is -2.02. The van der Waals surface area contributed by atoms with Gasteiger partial charge in [0.2, 0.25) is 0 Å². The predicted molar refractivity (Wildman–Crippen MR) is 103 cm³/mol. The van der Waals surface area contributed by atoms with Crippen molar-refractivity contribution < 1.29 is 8.83 Å². The summed E-state index contributed by atoms with van der Waals surface area (Å²) in [5, 5.41) is 3.89. The number of fused-ring (bicyclic) bond motifs is 4. The predicted octanol–water partition coefficient (Wildman–Crippen LogP) is 6.12. The van der Waals surface area contributed by atoms with Crippen molar-refractivity contribution in [2.45, 2.75) is 0 Å². The number of halogens is 1. The van der Waals surface area contributed by atoms with Crippen LogP contribution in [-0.4, -0.2) is 0 Å². The van der Waals surface area contributed by atoms with E-state index >= 15 is 0 Å². The highest BCUT2D eigenvalue weighted by Crippen LogP contribution is 2.34. The Kier molecular flexibility index (Phi) is 3.09. The van der Waals surface area contributed by atoms with Crippen LogP contribution < -0.4 is 5.63 Å². The molecule has 0 fully saturated rings. The number of hydrogen-bond acceptors (Lipinski definition) is 3. The van der Waals surface area contributed by atoms with E-state index in [9.17, 15) is 4.79 Å². The molecule has 0 N–H and O–H groups in total. The van der Waals surface area contributed by atoms with Gasteiger partial charge in [0.05, 0.1) is 11.8 Å². The summed E-state index contributed by atoms with van der Waals surface area (Å²) in [6.45, 7) is 0. The van der Waals surface area contributed by atoms with Crippen LogP contribution in [0.1, 0.15) is 0 Å². The molecule has 0 aliphatic heterocycles. The monoisotopic (exact) mass is 390 g/mol. The van der Waals surface area contributed by atoms with Crippen LogP contribution in [0.3, 0.4) is 0 Å². The van der Waals surface area contributed by atoms with Crippen molar-refractivity contribution in [1.82, 2.24) is 0 Å². The Bertz CT molecular complexity index is 1330. The van der Waals surface area contributed by atoms with Gasteiger partial charge in [0, 0.05) is 26.2 Å². The third-order valence-electron chi connectivity index (χ3n) is 4.45. The van der Waals surface area contributed by atoms with Gasteiger partial charge in [0.1, 0.15) is 11.2 Å². The van der Waals surface area contributed by atoms with E-state index < -0.39 is 0 Å². The number of hydrogen-bond donors (Lipinski definition) is 0. The van der Waals surface area contributed by atoms with Gasteiger partial charge in [-0.1, -0.05) is 46.3 Å². The molecule has 2 heterocycles. The first-order valence-electron chi connectivity index (χ1n) is 7.83. The molecule has 0 radical (unpaired) electrons. The first-order chi connectivity index (χ1) is 12.2. The lowest BCUT2D eigenvalue weighted by molar-refractivity contribution is 0.563. The molecule has 4 heteroatoms. The molecule has 3 aromatic carbocycles. The Morgan fingerprint density at radius 3 is 2.60 bits per heavy atom. The number of benzene rings is 3. The van der Waals surface area contributed by atoms with Crippen LogP contribution in [0.4, 0.5) is 0 Å². The summed E-state index contributed by atoms with van der Waals surface area (Å²) in [5.41, 5.74) is 2.22. The summed E-state index contributed by atoms with van der Waals surface area (Å²) >= 11 is 3.45. The fraction of sp³-hybridized carbons (Fsp3) is 0. The molecular weight excluding hydrogens is 380 g/mol. The van der Waals surface area contributed by atoms with Crippen LogP contribution in [0.25, 0.3) is 43.8 Å². The highest BCUT2D eigenvalue weighted by Gasteiger charge is 2.15. The largest absolute Gasteiger partial charge is 0.463 e. The van der Waals surface area contributed by atoms with Gasteiger partial charge in [-0.25, -0.2) is 4.79 Å². The standard InChI is InChI=1S/C21H11BrO3/c22-14-6-8-19-13(9-14)10-17(21(23)25-19)18-11-24-20-15-4-2-1-3-12(15)5-7-16(18)20/h1-11H. The van der Waals surface area contributed by atoms with Gasteiger partial charge in [0.15, 0.2) is 0 Å². The Labute approximate surface area is 150 Å². The SMILES string of the molecule is O=c1oc2ccc(Br)cc2cc1-c1coc2c1ccc1ccccc12. The van der Waals surface area contributed by atoms with Gasteiger partial charge in [-0.15, -0.1) is 0 Å². The normalized spacial score (nSPS) is 11.6. The molecule has 0 atom stereocenters. The van der Waals surface area contributed by atoms with E-state index in [1.807, 2.05) is 54.6 Å². The smallest absolute Gasteiger partial charge is 0.344 e. The van der Waals surface area contributed by atoms with E-state index in [-0.39, 0.29) is 5.63 Å². The Morgan fingerprint density at radius 1 is 0.800 bits per heavy atom. The zero-order valence-corrected chi connectivity index (χ0v) is 14.5. The van der Waals surface area contributed by atoms with Gasteiger partial charge in [-0.3, -0.25) is 0 Å². The second-order valence-corrected chi connectivity index (χ2v) is 6.86. The van der Waals surface area contributed by atoms with E-state index in [2.05, 4.69) is 15.9 Å². The second-order valence-electron chi connectivity index (χ2n) is 5.94. The molecule has 120 valence electrons. The van der Waals surface area contributed by atoms with Crippen molar-refractivity contribution in [2.75, 3.05) is 0 Å². The minimum absolute atomic E-state index is 0.370. The van der Waals surface area contributed by atoms with E-state index in [4.69, 9.17) is 8.83 Å². The van der Waals surface area contributed by atoms with Crippen LogP contribution in [-0.2, 0) is 0 Å². The molecule has 0 saturated heterocycles. The molecule has 5 aromatic rings. The zero-order chi connectivity index (χ0) is 17.0. The molecule has 0 saturated carbocycles. The molecule has 5 rings (SSSR count). The molecule has 0 unspecified atom stereocenters. The third kappa shape index (κ3) is 2.22. The first kappa shape index (κ1) is 14.5. The quantitative estimate of drug-likeness (QED) is 0.323. The molecule has 0 aliphatic rings. The molecule has 25 heavy (non-hydrogen) atoms. The van der Waals surface area contributed by atoms with Crippen molar-refractivity contribution in [1.29, 1.82) is 0 Å². The average molecular weight is 391 g/mol. The summed E-state index contributed by atoms with van der Waals surface area (Å²) in [6, 6.07) is 19.5. The van der Waals surface area contributed by atoms with E-state index in [1.165, 1.54) is 0 Å². The van der Waals surface area contributed by atoms with Crippen LogP contribution >= 0.6 is 15.9 Å². The highest BCUT2D eigenvalue weighted by molar-refractivity contribution is 9.10. The van der Waals surface area contributed by atoms with Gasteiger partial charge < -0.3 is 8.83 Å². The third-order valence-corrected chi connectivity index (χ3v) is 4.94. The second kappa shape index (κ2) is 5.33. The van der Waals surface area contributed by atoms with E-state index in [1.54, 1.807) is 12.3 Å². The summed E-state index contributed by atoms with van der Waals surface area (Å²) in [5.74, 6) is 0. The number of furan rings is 1. The van der Waals surface area contributed by atoms with Crippen molar-refractivity contribution in [3.63, 3.8) is 0 Å². The van der Waals surface area contributed by atoms with Gasteiger partial charge in [-0.05, 0) is 35.7 Å². The lowest BCUT2D eigenvalue weighted by atomic mass is 10.0. The summed E-state index contributed by atoms with van der Waals surface area (Å²) in [6.07, 6.45) is 1.63. The van der Waals surface area contributed by atoms with Crippen molar-refractivity contribution in [3.8, 4) is 11.1 Å². The van der Waals surface area contributed by atoms with Crippen LogP contribution in [0.15, 0.2) is 85.0 Å². The van der Waals surface area contributed by atoms with Crippen molar-refractivity contribution in [2.24, 2.45) is 0 Å². The highest BCUT2D eigenvalue weighted by atomic mass is 79.9. The molecule has 2 aromatic heterocycles. The Morgan fingerprint density at radius 2 is 1.68 bits per heavy atom. The minimum atomic E-state index is -0.370. The van der Waals surface area contributed by atoms with E-state index in [0.29, 0.717) is 11.1 Å². The van der Waals surface area contributed by atoms with Gasteiger partial charge in [-0.2, -0.15) is 0 Å². The molecule has 3 nitrogen and oxygen atoms in total. The Hall–Kier alpha value is -2.85. The number of rotatable bonds is 1. The average Bonchev–Trinajstić information content (AvgIpc) is 3.06. The molecule has 0 aliphatic carbocycles. The summed E-state index contributed by atoms with van der Waals surface area (Å²) < 4.78 is 12.2. The first-order valence-corrected chi connectivity index (χ1v) is 8.63. The summed E-state index contributed by atoms with van der Waals surface area (Å²) in [7, 11) is 0. The van der Waals surface area contributed by atoms with Crippen molar-refractivity contribution in [3.05, 3.63) is 81.8 Å². The molecular formula is C21H11BrO3. The zero-order valence-electron chi connectivity index (χ0n) is 13.0.